The number of fused-ring (bicyclic) bond motifs is 2. The molecule has 2 aromatic carbocycles. The van der Waals surface area contributed by atoms with E-state index in [0.717, 1.165) is 60.7 Å². The molecule has 1 aliphatic heterocycles. The maximum Gasteiger partial charge on any atom is 0.407 e. The fraction of sp³-hybridized carbons (Fsp3) is 0.543. The first kappa shape index (κ1) is 30.7. The molecule has 4 N–H and O–H groups in total. The molecule has 7 rings (SSSR count). The third-order valence-corrected chi connectivity index (χ3v) is 11.2. The van der Waals surface area contributed by atoms with Crippen molar-refractivity contribution in [1.82, 2.24) is 25.9 Å². The first-order valence-electron chi connectivity index (χ1n) is 16.4. The number of rotatable bonds is 9. The number of aromatic nitrogens is 2. The van der Waals surface area contributed by atoms with Crippen LogP contribution in [-0.4, -0.2) is 60.8 Å². The molecular weight excluding hydrogens is 589 g/mol. The lowest BCUT2D eigenvalue weighted by molar-refractivity contribution is -0.136. The molecule has 11 heteroatoms. The van der Waals surface area contributed by atoms with Crippen molar-refractivity contribution < 1.29 is 28.2 Å². The number of benzene rings is 2. The Kier molecular flexibility index (Phi) is 7.57. The number of nitrogens with zero attached hydrogens (tertiary/aromatic N) is 1. The van der Waals surface area contributed by atoms with Gasteiger partial charge in [0.25, 0.3) is 0 Å². The summed E-state index contributed by atoms with van der Waals surface area (Å²) in [5.41, 5.74) is 2.76. The van der Waals surface area contributed by atoms with Crippen molar-refractivity contribution in [2.24, 2.45) is 10.8 Å². The largest absolute Gasteiger partial charge is 0.453 e. The SMILES string of the molecule is CCNC(=O)[C@H](NC(=O)C1(c2ccc3[nH]c([C@@H](NC(=O)OC)[C@@H]4c5cc(F)ccc5CC45CC5)nc3c2)CCOC1)C1(C)CCC1. The second kappa shape index (κ2) is 11.4. The van der Waals surface area contributed by atoms with Crippen LogP contribution in [0.2, 0.25) is 0 Å². The molecule has 4 aliphatic rings. The number of halogens is 1. The van der Waals surface area contributed by atoms with Crippen molar-refractivity contribution in [2.75, 3.05) is 26.9 Å². The summed E-state index contributed by atoms with van der Waals surface area (Å²) in [6.45, 7) is 5.04. The zero-order valence-electron chi connectivity index (χ0n) is 26.6. The topological polar surface area (TPSA) is 134 Å². The number of likely N-dealkylation sites (N-methyl/N-ethyl adjacent to an activating group) is 1. The van der Waals surface area contributed by atoms with Crippen LogP contribution in [0.5, 0.6) is 0 Å². The van der Waals surface area contributed by atoms with Crippen LogP contribution in [0.3, 0.4) is 0 Å². The summed E-state index contributed by atoms with van der Waals surface area (Å²) in [6.07, 6.45) is 5.44. The number of methoxy groups -OCH3 is 1. The molecular formula is C35H42FN5O5. The van der Waals surface area contributed by atoms with E-state index in [9.17, 15) is 18.8 Å². The summed E-state index contributed by atoms with van der Waals surface area (Å²) in [6, 6.07) is 9.42. The monoisotopic (exact) mass is 631 g/mol. The van der Waals surface area contributed by atoms with Crippen molar-refractivity contribution in [3.8, 4) is 0 Å². The van der Waals surface area contributed by atoms with E-state index in [4.69, 9.17) is 14.5 Å². The summed E-state index contributed by atoms with van der Waals surface area (Å²) >= 11 is 0. The zero-order chi connectivity index (χ0) is 32.3. The smallest absolute Gasteiger partial charge is 0.407 e. The van der Waals surface area contributed by atoms with Gasteiger partial charge in [-0.3, -0.25) is 9.59 Å². The van der Waals surface area contributed by atoms with E-state index >= 15 is 0 Å². The molecule has 10 nitrogen and oxygen atoms in total. The predicted octanol–water partition coefficient (Wildman–Crippen LogP) is 4.69. The number of H-pyrrole nitrogens is 1. The van der Waals surface area contributed by atoms with Gasteiger partial charge in [-0.1, -0.05) is 25.5 Å². The minimum Gasteiger partial charge on any atom is -0.453 e. The normalized spacial score (nSPS) is 24.9. The van der Waals surface area contributed by atoms with Crippen molar-refractivity contribution in [2.45, 2.75) is 82.2 Å². The Balaban J connectivity index is 1.24. The predicted molar refractivity (Wildman–Crippen MR) is 169 cm³/mol. The summed E-state index contributed by atoms with van der Waals surface area (Å²) in [5.74, 6) is -0.339. The number of aromatic amines is 1. The van der Waals surface area contributed by atoms with Crippen LogP contribution in [0.15, 0.2) is 36.4 Å². The van der Waals surface area contributed by atoms with E-state index < -0.39 is 23.6 Å². The number of carbonyl (C=O) groups excluding carboxylic acids is 3. The maximum absolute atomic E-state index is 14.5. The van der Waals surface area contributed by atoms with E-state index in [1.807, 2.05) is 31.2 Å². The van der Waals surface area contributed by atoms with Crippen LogP contribution >= 0.6 is 0 Å². The highest BCUT2D eigenvalue weighted by molar-refractivity contribution is 5.95. The van der Waals surface area contributed by atoms with Gasteiger partial charge in [0.2, 0.25) is 11.8 Å². The van der Waals surface area contributed by atoms with Gasteiger partial charge in [0.15, 0.2) is 0 Å². The lowest BCUT2D eigenvalue weighted by atomic mass is 9.65. The van der Waals surface area contributed by atoms with Gasteiger partial charge in [0.05, 0.1) is 36.2 Å². The number of ether oxygens (including phenoxy) is 2. The van der Waals surface area contributed by atoms with Crippen LogP contribution in [0.25, 0.3) is 11.0 Å². The minimum absolute atomic E-state index is 0.0764. The van der Waals surface area contributed by atoms with Gasteiger partial charge in [0.1, 0.15) is 17.7 Å². The Hall–Kier alpha value is -3.99. The van der Waals surface area contributed by atoms with Gasteiger partial charge in [-0.15, -0.1) is 0 Å². The number of amides is 3. The van der Waals surface area contributed by atoms with E-state index in [1.165, 1.54) is 13.2 Å². The number of hydrogen-bond acceptors (Lipinski definition) is 6. The number of carbonyl (C=O) groups is 3. The average Bonchev–Trinajstić information content (AvgIpc) is 3.35. The number of imidazole rings is 1. The van der Waals surface area contributed by atoms with E-state index in [-0.39, 0.29) is 41.0 Å². The van der Waals surface area contributed by atoms with Crippen LogP contribution < -0.4 is 16.0 Å². The summed E-state index contributed by atoms with van der Waals surface area (Å²) < 4.78 is 25.3. The zero-order valence-corrected chi connectivity index (χ0v) is 26.6. The number of hydrogen-bond donors (Lipinski definition) is 4. The van der Waals surface area contributed by atoms with Gasteiger partial charge in [0, 0.05) is 19.1 Å². The highest BCUT2D eigenvalue weighted by atomic mass is 19.1. The quantitative estimate of drug-likeness (QED) is 0.271. The van der Waals surface area contributed by atoms with E-state index in [0.29, 0.717) is 30.9 Å². The number of nitrogens with one attached hydrogen (secondary N) is 4. The molecule has 1 aromatic heterocycles. The van der Waals surface area contributed by atoms with Gasteiger partial charge < -0.3 is 30.4 Å². The van der Waals surface area contributed by atoms with Crippen LogP contribution in [0, 0.1) is 16.6 Å². The molecule has 1 spiro atoms. The molecule has 0 bridgehead atoms. The van der Waals surface area contributed by atoms with Crippen molar-refractivity contribution in [3.05, 3.63) is 64.7 Å². The third kappa shape index (κ3) is 5.03. The van der Waals surface area contributed by atoms with Crippen molar-refractivity contribution >= 4 is 28.9 Å². The van der Waals surface area contributed by atoms with E-state index in [2.05, 4.69) is 27.9 Å². The Morgan fingerprint density at radius 2 is 1.91 bits per heavy atom. The summed E-state index contributed by atoms with van der Waals surface area (Å²) in [5, 5.41) is 9.05. The molecule has 2 saturated carbocycles. The highest BCUT2D eigenvalue weighted by Gasteiger charge is 2.58. The first-order valence-corrected chi connectivity index (χ1v) is 16.4. The molecule has 1 unspecified atom stereocenters. The van der Waals surface area contributed by atoms with Gasteiger partial charge in [-0.05, 0) is 97.2 Å². The van der Waals surface area contributed by atoms with Crippen LogP contribution in [0.1, 0.15) is 86.8 Å². The lowest BCUT2D eigenvalue weighted by Gasteiger charge is -2.45. The second-order valence-corrected chi connectivity index (χ2v) is 14.0. The minimum atomic E-state index is -0.984. The van der Waals surface area contributed by atoms with Gasteiger partial charge in [-0.25, -0.2) is 14.2 Å². The van der Waals surface area contributed by atoms with Gasteiger partial charge in [-0.2, -0.15) is 0 Å². The Morgan fingerprint density at radius 1 is 1.11 bits per heavy atom. The Morgan fingerprint density at radius 3 is 2.57 bits per heavy atom. The molecule has 3 aromatic rings. The molecule has 244 valence electrons. The van der Waals surface area contributed by atoms with Crippen LogP contribution in [0.4, 0.5) is 9.18 Å². The average molecular weight is 632 g/mol. The van der Waals surface area contributed by atoms with Crippen molar-refractivity contribution in [1.29, 1.82) is 0 Å². The maximum atomic E-state index is 14.5. The standard InChI is InChI=1S/C35H42FN5O5/c1-4-37-30(42)28(33(2)10-5-11-33)41-31(43)35(14-15-46-19-35)21-7-9-24-25(16-21)39-29(38-24)27(40-32(44)45-3)26-23-17-22(36)8-6-20(23)18-34(26)12-13-34/h6-9,16-17,26-28H,4-5,10-15,18-19H2,1-3H3,(H,37,42)(H,38,39)(H,40,44)(H,41,43)/t26-,27-,28-,35?/m0/s1. The Bertz CT molecular complexity index is 1690. The van der Waals surface area contributed by atoms with Crippen molar-refractivity contribution in [3.63, 3.8) is 0 Å². The Labute approximate surface area is 267 Å². The third-order valence-electron chi connectivity index (χ3n) is 11.2. The fourth-order valence-corrected chi connectivity index (χ4v) is 8.21. The van der Waals surface area contributed by atoms with E-state index in [1.54, 1.807) is 6.07 Å². The van der Waals surface area contributed by atoms with Gasteiger partial charge >= 0.3 is 6.09 Å². The van der Waals surface area contributed by atoms with Crippen LogP contribution in [-0.2, 0) is 30.9 Å². The second-order valence-electron chi connectivity index (χ2n) is 14.0. The molecule has 3 fully saturated rings. The summed E-state index contributed by atoms with van der Waals surface area (Å²) in [7, 11) is 1.32. The molecule has 3 amide bonds. The highest BCUT2D eigenvalue weighted by Crippen LogP contribution is 2.66. The number of alkyl carbamates (subject to hydrolysis) is 1. The fourth-order valence-electron chi connectivity index (χ4n) is 8.21. The first-order chi connectivity index (χ1) is 22.1. The summed E-state index contributed by atoms with van der Waals surface area (Å²) in [4.78, 5) is 48.4. The molecule has 1 saturated heterocycles. The molecule has 4 atom stereocenters. The molecule has 0 radical (unpaired) electrons. The molecule has 2 heterocycles. The lowest BCUT2D eigenvalue weighted by Crippen LogP contribution is -2.61. The molecule has 3 aliphatic carbocycles. The molecule has 46 heavy (non-hydrogen) atoms.